The van der Waals surface area contributed by atoms with Crippen LogP contribution in [0.1, 0.15) is 11.3 Å². The van der Waals surface area contributed by atoms with Crippen LogP contribution in [-0.4, -0.2) is 12.1 Å². The van der Waals surface area contributed by atoms with E-state index in [1.54, 1.807) is 13.2 Å². The van der Waals surface area contributed by atoms with Gasteiger partial charge in [0.25, 0.3) is 0 Å². The van der Waals surface area contributed by atoms with Crippen molar-refractivity contribution in [2.45, 2.75) is 13.5 Å². The molecule has 0 saturated carbocycles. The van der Waals surface area contributed by atoms with E-state index in [0.717, 1.165) is 27.2 Å². The molecule has 0 amide bonds. The molecule has 3 nitrogen and oxygen atoms in total. The number of benzene rings is 1. The molecule has 0 spiro atoms. The van der Waals surface area contributed by atoms with Crippen LogP contribution in [0.3, 0.4) is 0 Å². The largest absolute Gasteiger partial charge is 0.496 e. The van der Waals surface area contributed by atoms with Gasteiger partial charge in [-0.15, -0.1) is 0 Å². The van der Waals surface area contributed by atoms with E-state index >= 15 is 0 Å². The van der Waals surface area contributed by atoms with Crippen LogP contribution in [-0.2, 0) is 6.54 Å². The fraction of sp³-hybridized carbons (Fsp3) is 0.214. The predicted molar refractivity (Wildman–Crippen MR) is 82.0 cm³/mol. The van der Waals surface area contributed by atoms with Crippen LogP contribution < -0.4 is 10.1 Å². The SMILES string of the molecule is COc1ccc(CNc2ccc(Cl)nc2C)cc1Br. The number of aryl methyl sites for hydroxylation is 1. The minimum atomic E-state index is 0.509. The summed E-state index contributed by atoms with van der Waals surface area (Å²) in [6.45, 7) is 2.64. The van der Waals surface area contributed by atoms with E-state index in [-0.39, 0.29) is 0 Å². The summed E-state index contributed by atoms with van der Waals surface area (Å²) in [4.78, 5) is 4.20. The lowest BCUT2D eigenvalue weighted by molar-refractivity contribution is 0.412. The third kappa shape index (κ3) is 3.61. The van der Waals surface area contributed by atoms with Gasteiger partial charge in [-0.3, -0.25) is 0 Å². The first kappa shape index (κ1) is 14.2. The molecule has 0 atom stereocenters. The van der Waals surface area contributed by atoms with E-state index in [4.69, 9.17) is 16.3 Å². The molecule has 100 valence electrons. The first-order chi connectivity index (χ1) is 9.10. The zero-order valence-electron chi connectivity index (χ0n) is 10.7. The predicted octanol–water partition coefficient (Wildman–Crippen LogP) is 4.43. The van der Waals surface area contributed by atoms with Crippen molar-refractivity contribution in [3.05, 3.63) is 51.2 Å². The lowest BCUT2D eigenvalue weighted by atomic mass is 10.2. The summed E-state index contributed by atoms with van der Waals surface area (Å²) < 4.78 is 6.15. The molecule has 0 unspecified atom stereocenters. The molecule has 1 N–H and O–H groups in total. The van der Waals surface area contributed by atoms with E-state index in [2.05, 4.69) is 26.2 Å². The molecule has 0 radical (unpaired) electrons. The third-order valence-corrected chi connectivity index (χ3v) is 3.58. The summed E-state index contributed by atoms with van der Waals surface area (Å²) in [5.74, 6) is 0.827. The van der Waals surface area contributed by atoms with E-state index in [9.17, 15) is 0 Å². The third-order valence-electron chi connectivity index (χ3n) is 2.75. The van der Waals surface area contributed by atoms with Crippen LogP contribution >= 0.6 is 27.5 Å². The maximum atomic E-state index is 5.83. The van der Waals surface area contributed by atoms with Gasteiger partial charge in [0.15, 0.2) is 0 Å². The molecule has 0 saturated heterocycles. The molecular weight excluding hydrogens is 328 g/mol. The zero-order chi connectivity index (χ0) is 13.8. The number of methoxy groups -OCH3 is 1. The zero-order valence-corrected chi connectivity index (χ0v) is 13.0. The smallest absolute Gasteiger partial charge is 0.133 e. The van der Waals surface area contributed by atoms with Gasteiger partial charge in [-0.25, -0.2) is 4.98 Å². The fourth-order valence-electron chi connectivity index (χ4n) is 1.73. The fourth-order valence-corrected chi connectivity index (χ4v) is 2.51. The van der Waals surface area contributed by atoms with Gasteiger partial charge in [0.05, 0.1) is 23.0 Å². The van der Waals surface area contributed by atoms with Crippen LogP contribution in [0, 0.1) is 6.92 Å². The maximum absolute atomic E-state index is 5.83. The second kappa shape index (κ2) is 6.26. The molecule has 0 aliphatic heterocycles. The molecule has 0 aliphatic carbocycles. The van der Waals surface area contributed by atoms with Gasteiger partial charge >= 0.3 is 0 Å². The standard InChI is InChI=1S/C14H14BrClN2O/c1-9-12(4-6-14(16)18-9)17-8-10-3-5-13(19-2)11(15)7-10/h3-7,17H,8H2,1-2H3. The molecule has 1 heterocycles. The highest BCUT2D eigenvalue weighted by Gasteiger charge is 2.03. The van der Waals surface area contributed by atoms with Crippen LogP contribution in [0.25, 0.3) is 0 Å². The normalized spacial score (nSPS) is 10.3. The van der Waals surface area contributed by atoms with Crippen molar-refractivity contribution in [3.63, 3.8) is 0 Å². The maximum Gasteiger partial charge on any atom is 0.133 e. The van der Waals surface area contributed by atoms with Gasteiger partial charge in [-0.05, 0) is 52.7 Å². The molecule has 0 bridgehead atoms. The Balaban J connectivity index is 2.08. The lowest BCUT2D eigenvalue weighted by Gasteiger charge is -2.10. The number of halogens is 2. The summed E-state index contributed by atoms with van der Waals surface area (Å²) in [6.07, 6.45) is 0. The van der Waals surface area contributed by atoms with Crippen LogP contribution in [0.2, 0.25) is 5.15 Å². The minimum absolute atomic E-state index is 0.509. The van der Waals surface area contributed by atoms with E-state index in [1.165, 1.54) is 0 Å². The average molecular weight is 342 g/mol. The van der Waals surface area contributed by atoms with Gasteiger partial charge in [0, 0.05) is 6.54 Å². The second-order valence-corrected chi connectivity index (χ2v) is 5.33. The quantitative estimate of drug-likeness (QED) is 0.836. The lowest BCUT2D eigenvalue weighted by Crippen LogP contribution is -2.02. The minimum Gasteiger partial charge on any atom is -0.496 e. The number of nitrogens with one attached hydrogen (secondary N) is 1. The van der Waals surface area contributed by atoms with Crippen LogP contribution in [0.4, 0.5) is 5.69 Å². The molecule has 1 aromatic heterocycles. The average Bonchev–Trinajstić information content (AvgIpc) is 2.38. The number of pyridine rings is 1. The monoisotopic (exact) mass is 340 g/mol. The Hall–Kier alpha value is -1.26. The molecule has 0 fully saturated rings. The van der Waals surface area contributed by atoms with Crippen LogP contribution in [0.15, 0.2) is 34.8 Å². The summed E-state index contributed by atoms with van der Waals surface area (Å²) in [5.41, 5.74) is 3.03. The number of hydrogen-bond acceptors (Lipinski definition) is 3. The van der Waals surface area contributed by atoms with Crippen molar-refractivity contribution in [2.24, 2.45) is 0 Å². The summed E-state index contributed by atoms with van der Waals surface area (Å²) in [5, 5.41) is 3.85. The van der Waals surface area contributed by atoms with Gasteiger partial charge in [0.2, 0.25) is 0 Å². The number of aromatic nitrogens is 1. The molecule has 5 heteroatoms. The topological polar surface area (TPSA) is 34.1 Å². The number of nitrogens with zero attached hydrogens (tertiary/aromatic N) is 1. The number of anilines is 1. The van der Waals surface area contributed by atoms with E-state index < -0.39 is 0 Å². The Kier molecular flexibility index (Phi) is 4.66. The van der Waals surface area contributed by atoms with Crippen molar-refractivity contribution in [3.8, 4) is 5.75 Å². The summed E-state index contributed by atoms with van der Waals surface area (Å²) in [7, 11) is 1.65. The molecular formula is C14H14BrClN2O. The van der Waals surface area contributed by atoms with Gasteiger partial charge in [-0.1, -0.05) is 17.7 Å². The Labute approximate surface area is 126 Å². The number of rotatable bonds is 4. The Bertz CT molecular complexity index is 590. The van der Waals surface area contributed by atoms with Crippen LogP contribution in [0.5, 0.6) is 5.75 Å². The van der Waals surface area contributed by atoms with Gasteiger partial charge in [-0.2, -0.15) is 0 Å². The molecule has 2 rings (SSSR count). The second-order valence-electron chi connectivity index (χ2n) is 4.09. The Morgan fingerprint density at radius 3 is 2.74 bits per heavy atom. The summed E-state index contributed by atoms with van der Waals surface area (Å²) in [6, 6.07) is 9.71. The van der Waals surface area contributed by atoms with Crippen molar-refractivity contribution < 1.29 is 4.74 Å². The number of ether oxygens (including phenoxy) is 1. The molecule has 19 heavy (non-hydrogen) atoms. The van der Waals surface area contributed by atoms with Crippen molar-refractivity contribution >= 4 is 33.2 Å². The highest BCUT2D eigenvalue weighted by atomic mass is 79.9. The Morgan fingerprint density at radius 1 is 1.32 bits per heavy atom. The van der Waals surface area contributed by atoms with Crippen molar-refractivity contribution in [2.75, 3.05) is 12.4 Å². The first-order valence-corrected chi connectivity index (χ1v) is 6.96. The van der Waals surface area contributed by atoms with Gasteiger partial charge < -0.3 is 10.1 Å². The molecule has 1 aromatic carbocycles. The van der Waals surface area contributed by atoms with E-state index in [0.29, 0.717) is 11.7 Å². The highest BCUT2D eigenvalue weighted by molar-refractivity contribution is 9.10. The van der Waals surface area contributed by atoms with Crippen molar-refractivity contribution in [1.29, 1.82) is 0 Å². The number of hydrogen-bond donors (Lipinski definition) is 1. The highest BCUT2D eigenvalue weighted by Crippen LogP contribution is 2.26. The van der Waals surface area contributed by atoms with Crippen molar-refractivity contribution in [1.82, 2.24) is 4.98 Å². The van der Waals surface area contributed by atoms with Gasteiger partial charge in [0.1, 0.15) is 10.9 Å². The summed E-state index contributed by atoms with van der Waals surface area (Å²) >= 11 is 9.30. The molecule has 2 aromatic rings. The Morgan fingerprint density at radius 2 is 2.11 bits per heavy atom. The first-order valence-electron chi connectivity index (χ1n) is 5.79. The van der Waals surface area contributed by atoms with E-state index in [1.807, 2.05) is 31.2 Å². The molecule has 0 aliphatic rings.